The molecule has 1 saturated heterocycles. The van der Waals surface area contributed by atoms with Crippen LogP contribution < -0.4 is 4.90 Å². The van der Waals surface area contributed by atoms with Gasteiger partial charge < -0.3 is 4.90 Å². The largest absolute Gasteiger partial charge is 0.338 e. The van der Waals surface area contributed by atoms with Gasteiger partial charge in [-0.1, -0.05) is 13.3 Å². The third-order valence-electron chi connectivity index (χ3n) is 3.58. The lowest BCUT2D eigenvalue weighted by Gasteiger charge is -2.36. The van der Waals surface area contributed by atoms with E-state index in [2.05, 4.69) is 27.9 Å². The van der Waals surface area contributed by atoms with Crippen molar-refractivity contribution in [3.8, 4) is 6.07 Å². The zero-order valence-corrected chi connectivity index (χ0v) is 12.0. The lowest BCUT2D eigenvalue weighted by atomic mass is 10.1. The van der Waals surface area contributed by atoms with Crippen molar-refractivity contribution in [2.75, 3.05) is 31.1 Å². The van der Waals surface area contributed by atoms with E-state index in [1.54, 1.807) is 0 Å². The quantitative estimate of drug-likeness (QED) is 0.593. The van der Waals surface area contributed by atoms with Crippen molar-refractivity contribution in [1.29, 1.82) is 5.26 Å². The summed E-state index contributed by atoms with van der Waals surface area (Å²) >= 11 is 0. The van der Waals surface area contributed by atoms with Crippen molar-refractivity contribution in [2.45, 2.75) is 25.8 Å². The van der Waals surface area contributed by atoms with Gasteiger partial charge in [0, 0.05) is 26.2 Å². The number of nitriles is 1. The zero-order chi connectivity index (χ0) is 15.2. The Bertz CT molecular complexity index is 518. The van der Waals surface area contributed by atoms with Crippen LogP contribution in [0.1, 0.15) is 19.8 Å². The van der Waals surface area contributed by atoms with Crippen LogP contribution in [0.5, 0.6) is 0 Å². The summed E-state index contributed by atoms with van der Waals surface area (Å²) < 4.78 is 0. The van der Waals surface area contributed by atoms with Crippen LogP contribution in [0.4, 0.5) is 11.6 Å². The Balaban J connectivity index is 1.94. The first-order valence-electron chi connectivity index (χ1n) is 7.00. The normalized spacial score (nSPS) is 17.2. The molecule has 0 amide bonds. The average molecular weight is 290 g/mol. The second-order valence-electron chi connectivity index (χ2n) is 4.95. The van der Waals surface area contributed by atoms with E-state index in [0.29, 0.717) is 5.95 Å². The molecule has 1 unspecified atom stereocenters. The highest BCUT2D eigenvalue weighted by Gasteiger charge is 2.24. The Morgan fingerprint density at radius 1 is 1.38 bits per heavy atom. The van der Waals surface area contributed by atoms with Crippen molar-refractivity contribution < 1.29 is 4.92 Å². The van der Waals surface area contributed by atoms with Gasteiger partial charge in [0.15, 0.2) is 0 Å². The molecule has 112 valence electrons. The monoisotopic (exact) mass is 290 g/mol. The van der Waals surface area contributed by atoms with E-state index in [4.69, 9.17) is 0 Å². The zero-order valence-electron chi connectivity index (χ0n) is 12.0. The summed E-state index contributed by atoms with van der Waals surface area (Å²) in [6, 6.07) is 2.32. The molecule has 2 rings (SSSR count). The molecule has 1 aromatic heterocycles. The Kier molecular flexibility index (Phi) is 5.00. The minimum absolute atomic E-state index is 0.0325. The van der Waals surface area contributed by atoms with Crippen LogP contribution in [-0.4, -0.2) is 52.0 Å². The molecule has 0 aromatic carbocycles. The molecule has 0 saturated carbocycles. The Labute approximate surface area is 123 Å². The highest BCUT2D eigenvalue weighted by Crippen LogP contribution is 2.16. The fourth-order valence-corrected chi connectivity index (χ4v) is 2.41. The summed E-state index contributed by atoms with van der Waals surface area (Å²) in [5.41, 5.74) is -0.107. The molecule has 0 bridgehead atoms. The van der Waals surface area contributed by atoms with Crippen molar-refractivity contribution in [3.63, 3.8) is 0 Å². The molecule has 1 aliphatic heterocycles. The fourth-order valence-electron chi connectivity index (χ4n) is 2.41. The fraction of sp³-hybridized carbons (Fsp3) is 0.615. The van der Waals surface area contributed by atoms with E-state index in [1.807, 2.05) is 4.90 Å². The molecule has 1 fully saturated rings. The molecule has 1 aliphatic rings. The predicted octanol–water partition coefficient (Wildman–Crippen LogP) is 1.20. The van der Waals surface area contributed by atoms with Crippen molar-refractivity contribution in [1.82, 2.24) is 14.9 Å². The van der Waals surface area contributed by atoms with Crippen molar-refractivity contribution in [2.24, 2.45) is 0 Å². The molecule has 8 nitrogen and oxygen atoms in total. The van der Waals surface area contributed by atoms with Crippen LogP contribution in [0.25, 0.3) is 0 Å². The Morgan fingerprint density at radius 2 is 2.00 bits per heavy atom. The lowest BCUT2D eigenvalue weighted by molar-refractivity contribution is -0.385. The molecule has 21 heavy (non-hydrogen) atoms. The van der Waals surface area contributed by atoms with E-state index in [1.165, 1.54) is 12.4 Å². The van der Waals surface area contributed by atoms with E-state index in [9.17, 15) is 15.4 Å². The Morgan fingerprint density at radius 3 is 2.48 bits per heavy atom. The minimum atomic E-state index is -0.510. The molecule has 0 radical (unpaired) electrons. The van der Waals surface area contributed by atoms with E-state index >= 15 is 0 Å². The van der Waals surface area contributed by atoms with Crippen LogP contribution in [0.3, 0.4) is 0 Å². The van der Waals surface area contributed by atoms with Gasteiger partial charge in [-0.15, -0.1) is 0 Å². The van der Waals surface area contributed by atoms with Crippen LogP contribution in [-0.2, 0) is 0 Å². The van der Waals surface area contributed by atoms with Gasteiger partial charge in [-0.25, -0.2) is 9.97 Å². The second-order valence-corrected chi connectivity index (χ2v) is 4.95. The summed E-state index contributed by atoms with van der Waals surface area (Å²) in [6.45, 7) is 5.07. The third-order valence-corrected chi connectivity index (χ3v) is 3.58. The van der Waals surface area contributed by atoms with E-state index in [-0.39, 0.29) is 11.7 Å². The predicted molar refractivity (Wildman–Crippen MR) is 76.8 cm³/mol. The molecule has 0 spiro atoms. The summed E-state index contributed by atoms with van der Waals surface area (Å²) in [6.07, 6.45) is 4.32. The molecular weight excluding hydrogens is 272 g/mol. The standard InChI is InChI=1S/C13H18N6O2/c1-2-3-11(8-14)17-4-6-18(7-5-17)13-15-9-12(10-16-13)19(20)21/h9-11H,2-7H2,1H3. The maximum absolute atomic E-state index is 10.6. The van der Waals surface area contributed by atoms with Gasteiger partial charge in [0.1, 0.15) is 12.4 Å². The summed E-state index contributed by atoms with van der Waals surface area (Å²) in [5, 5.41) is 19.8. The van der Waals surface area contributed by atoms with Crippen LogP contribution in [0.2, 0.25) is 0 Å². The van der Waals surface area contributed by atoms with Crippen LogP contribution >= 0.6 is 0 Å². The van der Waals surface area contributed by atoms with Gasteiger partial charge in [0.05, 0.1) is 17.0 Å². The maximum atomic E-state index is 10.6. The average Bonchev–Trinajstić information content (AvgIpc) is 2.53. The van der Waals surface area contributed by atoms with E-state index < -0.39 is 4.92 Å². The Hall–Kier alpha value is -2.27. The van der Waals surface area contributed by atoms with Gasteiger partial charge in [0.25, 0.3) is 0 Å². The first-order chi connectivity index (χ1) is 10.2. The highest BCUT2D eigenvalue weighted by molar-refractivity contribution is 5.34. The number of anilines is 1. The highest BCUT2D eigenvalue weighted by atomic mass is 16.6. The molecule has 0 aliphatic carbocycles. The SMILES string of the molecule is CCCC(C#N)N1CCN(c2ncc([N+](=O)[O-])cn2)CC1. The van der Waals surface area contributed by atoms with Gasteiger partial charge >= 0.3 is 5.69 Å². The first kappa shape index (κ1) is 15.1. The van der Waals surface area contributed by atoms with Gasteiger partial charge in [-0.2, -0.15) is 5.26 Å². The number of rotatable bonds is 5. The molecule has 1 aromatic rings. The third kappa shape index (κ3) is 3.64. The molecule has 0 N–H and O–H groups in total. The molecule has 2 heterocycles. The number of nitro groups is 1. The van der Waals surface area contributed by atoms with Gasteiger partial charge in [-0.05, 0) is 6.42 Å². The lowest BCUT2D eigenvalue weighted by Crippen LogP contribution is -2.50. The van der Waals surface area contributed by atoms with Crippen LogP contribution in [0, 0.1) is 21.4 Å². The minimum Gasteiger partial charge on any atom is -0.338 e. The maximum Gasteiger partial charge on any atom is 0.305 e. The molecule has 1 atom stereocenters. The second kappa shape index (κ2) is 6.95. The molecule has 8 heteroatoms. The topological polar surface area (TPSA) is 99.2 Å². The number of nitrogens with zero attached hydrogens (tertiary/aromatic N) is 6. The molecular formula is C13H18N6O2. The van der Waals surface area contributed by atoms with Gasteiger partial charge in [-0.3, -0.25) is 15.0 Å². The summed E-state index contributed by atoms with van der Waals surface area (Å²) in [4.78, 5) is 22.3. The summed E-state index contributed by atoms with van der Waals surface area (Å²) in [7, 11) is 0. The van der Waals surface area contributed by atoms with Crippen molar-refractivity contribution in [3.05, 3.63) is 22.5 Å². The van der Waals surface area contributed by atoms with Gasteiger partial charge in [0.2, 0.25) is 5.95 Å². The number of piperazine rings is 1. The smallest absolute Gasteiger partial charge is 0.305 e. The van der Waals surface area contributed by atoms with Crippen LogP contribution in [0.15, 0.2) is 12.4 Å². The van der Waals surface area contributed by atoms with E-state index in [0.717, 1.165) is 39.0 Å². The van der Waals surface area contributed by atoms with Crippen molar-refractivity contribution >= 4 is 11.6 Å². The number of hydrogen-bond donors (Lipinski definition) is 0. The number of aromatic nitrogens is 2. The first-order valence-corrected chi connectivity index (χ1v) is 7.00. The summed E-state index contributed by atoms with van der Waals surface area (Å²) in [5.74, 6) is 0.504. The number of hydrogen-bond acceptors (Lipinski definition) is 7.